The summed E-state index contributed by atoms with van der Waals surface area (Å²) >= 11 is 0. The fourth-order valence-electron chi connectivity index (χ4n) is 2.61. The molecule has 14 heavy (non-hydrogen) atoms. The van der Waals surface area contributed by atoms with Gasteiger partial charge < -0.3 is 5.32 Å². The van der Waals surface area contributed by atoms with Crippen LogP contribution in [-0.2, 0) is 9.59 Å². The molecule has 0 radical (unpaired) electrons. The first-order chi connectivity index (χ1) is 6.64. The van der Waals surface area contributed by atoms with Gasteiger partial charge in [-0.1, -0.05) is 6.08 Å². The van der Waals surface area contributed by atoms with Crippen LogP contribution in [0.25, 0.3) is 0 Å². The Hall–Kier alpha value is -1.12. The summed E-state index contributed by atoms with van der Waals surface area (Å²) in [5.41, 5.74) is 0.520. The molecule has 0 unspecified atom stereocenters. The minimum Gasteiger partial charge on any atom is -0.346 e. The van der Waals surface area contributed by atoms with Gasteiger partial charge in [0.2, 0.25) is 5.91 Å². The van der Waals surface area contributed by atoms with Crippen molar-refractivity contribution in [3.05, 3.63) is 11.6 Å². The third kappa shape index (κ3) is 1.37. The molecular formula is C11H15NO2. The van der Waals surface area contributed by atoms with Gasteiger partial charge in [0.25, 0.3) is 0 Å². The SMILES string of the molecule is CC(=O)C1=CCC[C@]12CCCC(=O)N2. The molecule has 1 fully saturated rings. The number of Topliss-reactive ketones (excluding diaryl/α,β-unsaturated/α-hetero) is 1. The number of carbonyl (C=O) groups is 2. The summed E-state index contributed by atoms with van der Waals surface area (Å²) in [4.78, 5) is 22.7. The van der Waals surface area contributed by atoms with E-state index < -0.39 is 0 Å². The minimum absolute atomic E-state index is 0.0882. The van der Waals surface area contributed by atoms with Crippen LogP contribution >= 0.6 is 0 Å². The number of nitrogens with one attached hydrogen (secondary N) is 1. The third-order valence-corrected chi connectivity index (χ3v) is 3.20. The Balaban J connectivity index is 2.26. The van der Waals surface area contributed by atoms with Crippen molar-refractivity contribution in [2.75, 3.05) is 0 Å². The van der Waals surface area contributed by atoms with E-state index in [-0.39, 0.29) is 17.2 Å². The van der Waals surface area contributed by atoms with Crippen molar-refractivity contribution in [2.45, 2.75) is 44.6 Å². The van der Waals surface area contributed by atoms with Crippen LogP contribution in [0.3, 0.4) is 0 Å². The van der Waals surface area contributed by atoms with E-state index in [0.717, 1.165) is 31.3 Å². The highest BCUT2D eigenvalue weighted by Gasteiger charge is 2.42. The molecule has 0 aromatic carbocycles. The first-order valence-electron chi connectivity index (χ1n) is 5.17. The first-order valence-corrected chi connectivity index (χ1v) is 5.17. The fraction of sp³-hybridized carbons (Fsp3) is 0.636. The van der Waals surface area contributed by atoms with Crippen molar-refractivity contribution in [3.63, 3.8) is 0 Å². The molecule has 1 heterocycles. The van der Waals surface area contributed by atoms with Crippen molar-refractivity contribution in [1.82, 2.24) is 5.32 Å². The Morgan fingerprint density at radius 1 is 1.50 bits per heavy atom. The summed E-state index contributed by atoms with van der Waals surface area (Å²) in [6, 6.07) is 0. The molecule has 0 aromatic rings. The van der Waals surface area contributed by atoms with Crippen LogP contribution in [0.4, 0.5) is 0 Å². The number of allylic oxidation sites excluding steroid dienone is 1. The lowest BCUT2D eigenvalue weighted by Gasteiger charge is -2.36. The number of hydrogen-bond donors (Lipinski definition) is 1. The van der Waals surface area contributed by atoms with Crippen LogP contribution in [0.5, 0.6) is 0 Å². The molecule has 76 valence electrons. The molecule has 1 saturated heterocycles. The first kappa shape index (κ1) is 9.44. The second-order valence-corrected chi connectivity index (χ2v) is 4.20. The van der Waals surface area contributed by atoms with Crippen molar-refractivity contribution in [2.24, 2.45) is 0 Å². The number of hydrogen-bond acceptors (Lipinski definition) is 2. The van der Waals surface area contributed by atoms with E-state index in [2.05, 4.69) is 5.32 Å². The molecular weight excluding hydrogens is 178 g/mol. The standard InChI is InChI=1S/C11H15NO2/c1-8(13)9-4-2-6-11(9)7-3-5-10(14)12-11/h4H,2-3,5-7H2,1H3,(H,12,14)/t11-/m0/s1. The van der Waals surface area contributed by atoms with Gasteiger partial charge in [-0.2, -0.15) is 0 Å². The minimum atomic E-state index is -0.304. The lowest BCUT2D eigenvalue weighted by molar-refractivity contribution is -0.124. The second-order valence-electron chi connectivity index (χ2n) is 4.20. The van der Waals surface area contributed by atoms with Crippen LogP contribution in [-0.4, -0.2) is 17.2 Å². The zero-order valence-electron chi connectivity index (χ0n) is 8.43. The van der Waals surface area contributed by atoms with Gasteiger partial charge in [0.1, 0.15) is 0 Å². The van der Waals surface area contributed by atoms with Gasteiger partial charge in [-0.05, 0) is 32.6 Å². The van der Waals surface area contributed by atoms with Crippen LogP contribution in [0, 0.1) is 0 Å². The van der Waals surface area contributed by atoms with Crippen molar-refractivity contribution < 1.29 is 9.59 Å². The third-order valence-electron chi connectivity index (χ3n) is 3.20. The fourth-order valence-corrected chi connectivity index (χ4v) is 2.61. The smallest absolute Gasteiger partial charge is 0.220 e. The lowest BCUT2D eigenvalue weighted by atomic mass is 9.81. The Bertz CT molecular complexity index is 319. The molecule has 1 N–H and O–H groups in total. The summed E-state index contributed by atoms with van der Waals surface area (Å²) in [6.45, 7) is 1.58. The van der Waals surface area contributed by atoms with E-state index >= 15 is 0 Å². The number of carbonyl (C=O) groups excluding carboxylic acids is 2. The van der Waals surface area contributed by atoms with E-state index in [1.165, 1.54) is 0 Å². The molecule has 1 aliphatic heterocycles. The molecule has 1 atom stereocenters. The number of amides is 1. The van der Waals surface area contributed by atoms with Crippen LogP contribution in [0.2, 0.25) is 0 Å². The Morgan fingerprint density at radius 3 is 2.93 bits per heavy atom. The van der Waals surface area contributed by atoms with Crippen LogP contribution < -0.4 is 5.32 Å². The monoisotopic (exact) mass is 193 g/mol. The van der Waals surface area contributed by atoms with Crippen molar-refractivity contribution in [3.8, 4) is 0 Å². The predicted molar refractivity (Wildman–Crippen MR) is 52.7 cm³/mol. The molecule has 1 amide bonds. The van der Waals surface area contributed by atoms with E-state index in [4.69, 9.17) is 0 Å². The van der Waals surface area contributed by atoms with Crippen LogP contribution in [0.15, 0.2) is 11.6 Å². The molecule has 0 saturated carbocycles. The van der Waals surface area contributed by atoms with E-state index in [1.54, 1.807) is 6.92 Å². The van der Waals surface area contributed by atoms with Gasteiger partial charge in [0.15, 0.2) is 5.78 Å². The lowest BCUT2D eigenvalue weighted by Crippen LogP contribution is -2.52. The highest BCUT2D eigenvalue weighted by molar-refractivity contribution is 5.97. The maximum atomic E-state index is 11.4. The molecule has 2 rings (SSSR count). The number of rotatable bonds is 1. The Morgan fingerprint density at radius 2 is 2.29 bits per heavy atom. The maximum Gasteiger partial charge on any atom is 0.220 e. The van der Waals surface area contributed by atoms with E-state index in [0.29, 0.717) is 6.42 Å². The van der Waals surface area contributed by atoms with E-state index in [9.17, 15) is 9.59 Å². The van der Waals surface area contributed by atoms with Gasteiger partial charge in [0, 0.05) is 12.0 Å². The average molecular weight is 193 g/mol. The zero-order chi connectivity index (χ0) is 10.2. The largest absolute Gasteiger partial charge is 0.346 e. The quantitative estimate of drug-likeness (QED) is 0.683. The molecule has 3 heteroatoms. The van der Waals surface area contributed by atoms with Gasteiger partial charge in [-0.25, -0.2) is 0 Å². The molecule has 1 spiro atoms. The molecule has 3 nitrogen and oxygen atoms in total. The molecule has 0 aromatic heterocycles. The summed E-state index contributed by atoms with van der Waals surface area (Å²) in [7, 11) is 0. The van der Waals surface area contributed by atoms with Gasteiger partial charge in [0.05, 0.1) is 5.54 Å². The van der Waals surface area contributed by atoms with Gasteiger partial charge in [-0.15, -0.1) is 0 Å². The van der Waals surface area contributed by atoms with E-state index in [1.807, 2.05) is 6.08 Å². The normalized spacial score (nSPS) is 31.5. The topological polar surface area (TPSA) is 46.2 Å². The molecule has 0 bridgehead atoms. The molecule has 2 aliphatic rings. The number of piperidine rings is 1. The van der Waals surface area contributed by atoms with Crippen molar-refractivity contribution in [1.29, 1.82) is 0 Å². The average Bonchev–Trinajstić information content (AvgIpc) is 2.48. The summed E-state index contributed by atoms with van der Waals surface area (Å²) < 4.78 is 0. The molecule has 1 aliphatic carbocycles. The van der Waals surface area contributed by atoms with Gasteiger partial charge >= 0.3 is 0 Å². The number of ketones is 1. The summed E-state index contributed by atoms with van der Waals surface area (Å²) in [5, 5.41) is 3.00. The Labute approximate surface area is 83.6 Å². The summed E-state index contributed by atoms with van der Waals surface area (Å²) in [6.07, 6.45) is 6.21. The Kier molecular flexibility index (Phi) is 2.17. The summed E-state index contributed by atoms with van der Waals surface area (Å²) in [5.74, 6) is 0.190. The van der Waals surface area contributed by atoms with Crippen molar-refractivity contribution >= 4 is 11.7 Å². The highest BCUT2D eigenvalue weighted by atomic mass is 16.2. The van der Waals surface area contributed by atoms with Crippen LogP contribution in [0.1, 0.15) is 39.0 Å². The zero-order valence-corrected chi connectivity index (χ0v) is 8.43. The van der Waals surface area contributed by atoms with Gasteiger partial charge in [-0.3, -0.25) is 9.59 Å². The second kappa shape index (κ2) is 3.23. The maximum absolute atomic E-state index is 11.4. The predicted octanol–water partition coefficient (Wildman–Crippen LogP) is 1.33. The highest BCUT2D eigenvalue weighted by Crippen LogP contribution is 2.37.